The van der Waals surface area contributed by atoms with Gasteiger partial charge in [0, 0.05) is 6.54 Å². The Bertz CT molecular complexity index is 791. The van der Waals surface area contributed by atoms with E-state index in [0.717, 1.165) is 50.1 Å². The molecule has 154 valence electrons. The van der Waals surface area contributed by atoms with E-state index in [1.807, 2.05) is 30.3 Å². The third kappa shape index (κ3) is 4.18. The first-order valence-electron chi connectivity index (χ1n) is 10.9. The van der Waals surface area contributed by atoms with Crippen LogP contribution in [0, 0.1) is 0 Å². The summed E-state index contributed by atoms with van der Waals surface area (Å²) in [6.45, 7) is 2.84. The van der Waals surface area contributed by atoms with Crippen LogP contribution in [-0.4, -0.2) is 37.6 Å². The van der Waals surface area contributed by atoms with Gasteiger partial charge in [0.1, 0.15) is 5.75 Å². The summed E-state index contributed by atoms with van der Waals surface area (Å²) in [5.74, 6) is 1.06. The van der Waals surface area contributed by atoms with Gasteiger partial charge in [-0.25, -0.2) is 0 Å². The highest BCUT2D eigenvalue weighted by atomic mass is 16.5. The lowest BCUT2D eigenvalue weighted by atomic mass is 9.78. The first kappa shape index (κ1) is 20.0. The van der Waals surface area contributed by atoms with Gasteiger partial charge >= 0.3 is 0 Å². The maximum atomic E-state index is 13.5. The smallest absolute Gasteiger partial charge is 0.230 e. The predicted octanol–water partition coefficient (Wildman–Crippen LogP) is 4.46. The summed E-state index contributed by atoms with van der Waals surface area (Å²) in [6, 6.07) is 18.9. The lowest BCUT2D eigenvalue weighted by Crippen LogP contribution is -2.46. The minimum absolute atomic E-state index is 0.193. The second-order valence-electron chi connectivity index (χ2n) is 8.40. The van der Waals surface area contributed by atoms with Crippen LogP contribution in [0.1, 0.15) is 55.7 Å². The molecule has 0 bridgehead atoms. The molecule has 1 N–H and O–H groups in total. The van der Waals surface area contributed by atoms with Crippen LogP contribution < -0.4 is 10.1 Å². The third-order valence-electron chi connectivity index (χ3n) is 6.76. The average Bonchev–Trinajstić information content (AvgIpc) is 3.48. The van der Waals surface area contributed by atoms with Crippen molar-refractivity contribution < 1.29 is 9.53 Å². The monoisotopic (exact) mass is 392 g/mol. The van der Waals surface area contributed by atoms with Gasteiger partial charge in [0.2, 0.25) is 5.91 Å². The molecule has 1 aliphatic heterocycles. The molecule has 2 fully saturated rings. The molecule has 1 saturated heterocycles. The number of hydrogen-bond donors (Lipinski definition) is 1. The SMILES string of the molecule is COc1ccc(C(CNC(=O)C2(c3ccccc3)CCCC2)N2CCCC2)cc1. The van der Waals surface area contributed by atoms with E-state index in [4.69, 9.17) is 4.74 Å². The number of nitrogens with zero attached hydrogens (tertiary/aromatic N) is 1. The zero-order chi connectivity index (χ0) is 20.1. The molecule has 0 aromatic heterocycles. The van der Waals surface area contributed by atoms with E-state index in [0.29, 0.717) is 6.54 Å². The van der Waals surface area contributed by atoms with Crippen LogP contribution in [-0.2, 0) is 10.2 Å². The molecule has 4 heteroatoms. The Morgan fingerprint density at radius 3 is 2.28 bits per heavy atom. The number of ether oxygens (including phenoxy) is 1. The Kier molecular flexibility index (Phi) is 6.19. The number of likely N-dealkylation sites (tertiary alicyclic amines) is 1. The van der Waals surface area contributed by atoms with Crippen molar-refractivity contribution in [3.63, 3.8) is 0 Å². The van der Waals surface area contributed by atoms with E-state index in [9.17, 15) is 4.79 Å². The lowest BCUT2D eigenvalue weighted by Gasteiger charge is -2.32. The third-order valence-corrected chi connectivity index (χ3v) is 6.76. The second-order valence-corrected chi connectivity index (χ2v) is 8.40. The number of rotatable bonds is 7. The fraction of sp³-hybridized carbons (Fsp3) is 0.480. The molecular formula is C25H32N2O2. The summed E-state index contributed by atoms with van der Waals surface area (Å²) in [7, 11) is 1.69. The summed E-state index contributed by atoms with van der Waals surface area (Å²) >= 11 is 0. The van der Waals surface area contributed by atoms with E-state index in [1.165, 1.54) is 18.4 Å². The number of carbonyl (C=O) groups excluding carboxylic acids is 1. The fourth-order valence-electron chi connectivity index (χ4n) is 5.08. The number of amides is 1. The van der Waals surface area contributed by atoms with Crippen LogP contribution in [0.3, 0.4) is 0 Å². The first-order valence-corrected chi connectivity index (χ1v) is 10.9. The van der Waals surface area contributed by atoms with E-state index in [1.54, 1.807) is 7.11 Å². The van der Waals surface area contributed by atoms with Crippen molar-refractivity contribution in [3.05, 3.63) is 65.7 Å². The van der Waals surface area contributed by atoms with Gasteiger partial charge in [-0.1, -0.05) is 55.3 Å². The lowest BCUT2D eigenvalue weighted by molar-refractivity contribution is -0.126. The first-order chi connectivity index (χ1) is 14.2. The van der Waals surface area contributed by atoms with Gasteiger partial charge in [-0.15, -0.1) is 0 Å². The molecule has 29 heavy (non-hydrogen) atoms. The van der Waals surface area contributed by atoms with Crippen LogP contribution in [0.15, 0.2) is 54.6 Å². The van der Waals surface area contributed by atoms with E-state index < -0.39 is 0 Å². The summed E-state index contributed by atoms with van der Waals surface area (Å²) in [6.07, 6.45) is 6.59. The van der Waals surface area contributed by atoms with Crippen molar-refractivity contribution in [1.82, 2.24) is 10.2 Å². The standard InChI is InChI=1S/C25H32N2O2/c1-29-22-13-11-20(12-14-22)23(27-17-7-8-18-27)19-26-24(28)25(15-5-6-16-25)21-9-3-2-4-10-21/h2-4,9-14,23H,5-8,15-19H2,1H3,(H,26,28). The summed E-state index contributed by atoms with van der Waals surface area (Å²) < 4.78 is 5.32. The largest absolute Gasteiger partial charge is 0.497 e. The van der Waals surface area contributed by atoms with Gasteiger partial charge in [-0.05, 0) is 62.0 Å². The number of methoxy groups -OCH3 is 1. The van der Waals surface area contributed by atoms with E-state index in [2.05, 4.69) is 34.5 Å². The molecule has 1 amide bonds. The second kappa shape index (κ2) is 9.00. The molecule has 2 aliphatic rings. The maximum Gasteiger partial charge on any atom is 0.230 e. The van der Waals surface area contributed by atoms with Crippen LogP contribution in [0.2, 0.25) is 0 Å². The molecule has 2 aromatic rings. The van der Waals surface area contributed by atoms with Gasteiger partial charge in [-0.3, -0.25) is 9.69 Å². The Hall–Kier alpha value is -2.33. The van der Waals surface area contributed by atoms with Crippen molar-refractivity contribution in [2.24, 2.45) is 0 Å². The van der Waals surface area contributed by atoms with Crippen molar-refractivity contribution in [2.75, 3.05) is 26.7 Å². The number of hydrogen-bond acceptors (Lipinski definition) is 3. The summed E-state index contributed by atoms with van der Waals surface area (Å²) in [4.78, 5) is 16.0. The van der Waals surface area contributed by atoms with Gasteiger partial charge in [0.15, 0.2) is 0 Å². The Balaban J connectivity index is 1.52. The van der Waals surface area contributed by atoms with Crippen LogP contribution >= 0.6 is 0 Å². The molecular weight excluding hydrogens is 360 g/mol. The zero-order valence-electron chi connectivity index (χ0n) is 17.4. The van der Waals surface area contributed by atoms with Crippen LogP contribution in [0.4, 0.5) is 0 Å². The summed E-state index contributed by atoms with van der Waals surface area (Å²) in [5.41, 5.74) is 2.04. The molecule has 4 nitrogen and oxygen atoms in total. The topological polar surface area (TPSA) is 41.6 Å². The molecule has 1 heterocycles. The van der Waals surface area contributed by atoms with E-state index >= 15 is 0 Å². The molecule has 0 spiro atoms. The molecule has 2 aromatic carbocycles. The molecule has 1 atom stereocenters. The van der Waals surface area contributed by atoms with Gasteiger partial charge < -0.3 is 10.1 Å². The van der Waals surface area contributed by atoms with Crippen molar-refractivity contribution >= 4 is 5.91 Å². The fourth-order valence-corrected chi connectivity index (χ4v) is 5.08. The highest BCUT2D eigenvalue weighted by molar-refractivity contribution is 5.88. The minimum Gasteiger partial charge on any atom is -0.497 e. The molecule has 4 rings (SSSR count). The van der Waals surface area contributed by atoms with Crippen LogP contribution in [0.5, 0.6) is 5.75 Å². The quantitative estimate of drug-likeness (QED) is 0.756. The highest BCUT2D eigenvalue weighted by Crippen LogP contribution is 2.41. The van der Waals surface area contributed by atoms with Crippen molar-refractivity contribution in [2.45, 2.75) is 50.0 Å². The Morgan fingerprint density at radius 1 is 1.00 bits per heavy atom. The predicted molar refractivity (Wildman–Crippen MR) is 116 cm³/mol. The molecule has 1 aliphatic carbocycles. The molecule has 0 radical (unpaired) electrons. The number of nitrogens with one attached hydrogen (secondary N) is 1. The average molecular weight is 393 g/mol. The Morgan fingerprint density at radius 2 is 1.66 bits per heavy atom. The molecule has 1 unspecified atom stereocenters. The van der Waals surface area contributed by atoms with Crippen molar-refractivity contribution in [3.8, 4) is 5.75 Å². The highest BCUT2D eigenvalue weighted by Gasteiger charge is 2.42. The van der Waals surface area contributed by atoms with Crippen molar-refractivity contribution in [1.29, 1.82) is 0 Å². The normalized spacial score (nSPS) is 19.8. The van der Waals surface area contributed by atoms with Gasteiger partial charge in [-0.2, -0.15) is 0 Å². The van der Waals surface area contributed by atoms with Crippen LogP contribution in [0.25, 0.3) is 0 Å². The number of carbonyl (C=O) groups is 1. The summed E-state index contributed by atoms with van der Waals surface area (Å²) in [5, 5.41) is 3.36. The zero-order valence-corrected chi connectivity index (χ0v) is 17.4. The van der Waals surface area contributed by atoms with Gasteiger partial charge in [0.25, 0.3) is 0 Å². The minimum atomic E-state index is -0.364. The maximum absolute atomic E-state index is 13.5. The van der Waals surface area contributed by atoms with Gasteiger partial charge in [0.05, 0.1) is 18.6 Å². The van der Waals surface area contributed by atoms with E-state index in [-0.39, 0.29) is 17.4 Å². The Labute approximate surface area is 174 Å². The number of benzene rings is 2. The molecule has 1 saturated carbocycles.